The van der Waals surface area contributed by atoms with Crippen molar-refractivity contribution in [2.24, 2.45) is 0 Å². The number of Topliss-reactive ketones (excluding diaryl/α,β-unsaturated/α-hetero) is 1. The number of carbonyl (C=O) groups excluding carboxylic acids is 1. The summed E-state index contributed by atoms with van der Waals surface area (Å²) in [6.45, 7) is -0.611. The number of halogens is 2. The van der Waals surface area contributed by atoms with Crippen LogP contribution < -0.4 is 4.72 Å². The first kappa shape index (κ1) is 15.3. The molecular weight excluding hydrogens is 300 g/mol. The van der Waals surface area contributed by atoms with Crippen molar-refractivity contribution in [3.63, 3.8) is 0 Å². The van der Waals surface area contributed by atoms with Gasteiger partial charge in [-0.1, -0.05) is 18.2 Å². The maximum absolute atomic E-state index is 13.4. The van der Waals surface area contributed by atoms with Crippen LogP contribution >= 0.6 is 0 Å². The highest BCUT2D eigenvalue weighted by Gasteiger charge is 2.18. The van der Waals surface area contributed by atoms with E-state index in [1.54, 1.807) is 0 Å². The summed E-state index contributed by atoms with van der Waals surface area (Å²) < 4.78 is 52.2. The summed E-state index contributed by atoms with van der Waals surface area (Å²) in [6.07, 6.45) is 0. The standard InChI is InChI=1S/C14H11F2NO3S/c15-10-4-3-5-11(8-10)21(19,20)17-9-14(18)12-6-1-2-7-13(12)16/h1-8,17H,9H2. The van der Waals surface area contributed by atoms with E-state index in [1.807, 2.05) is 4.72 Å². The summed E-state index contributed by atoms with van der Waals surface area (Å²) in [6, 6.07) is 9.61. The third kappa shape index (κ3) is 3.71. The number of sulfonamides is 1. The van der Waals surface area contributed by atoms with E-state index in [0.717, 1.165) is 18.2 Å². The topological polar surface area (TPSA) is 63.2 Å². The fourth-order valence-corrected chi connectivity index (χ4v) is 2.67. The largest absolute Gasteiger partial charge is 0.293 e. The monoisotopic (exact) mass is 311 g/mol. The molecule has 0 saturated carbocycles. The lowest BCUT2D eigenvalue weighted by Crippen LogP contribution is -2.30. The molecule has 0 saturated heterocycles. The molecule has 0 aliphatic heterocycles. The smallest absolute Gasteiger partial charge is 0.241 e. The van der Waals surface area contributed by atoms with Gasteiger partial charge in [-0.3, -0.25) is 4.79 Å². The van der Waals surface area contributed by atoms with Gasteiger partial charge in [-0.2, -0.15) is 0 Å². The van der Waals surface area contributed by atoms with Gasteiger partial charge in [-0.25, -0.2) is 21.9 Å². The van der Waals surface area contributed by atoms with Crippen LogP contribution in [0.25, 0.3) is 0 Å². The van der Waals surface area contributed by atoms with Gasteiger partial charge in [-0.15, -0.1) is 0 Å². The van der Waals surface area contributed by atoms with E-state index in [0.29, 0.717) is 0 Å². The molecule has 1 N–H and O–H groups in total. The average molecular weight is 311 g/mol. The molecule has 0 atom stereocenters. The first-order valence-corrected chi connectivity index (χ1v) is 7.41. The normalized spacial score (nSPS) is 11.3. The van der Waals surface area contributed by atoms with Crippen molar-refractivity contribution in [2.75, 3.05) is 6.54 Å². The Kier molecular flexibility index (Phi) is 4.44. The van der Waals surface area contributed by atoms with Crippen molar-refractivity contribution in [3.8, 4) is 0 Å². The lowest BCUT2D eigenvalue weighted by molar-refractivity contribution is 0.0993. The van der Waals surface area contributed by atoms with Gasteiger partial charge in [0.2, 0.25) is 10.0 Å². The van der Waals surface area contributed by atoms with Crippen LogP contribution in [0.4, 0.5) is 8.78 Å². The van der Waals surface area contributed by atoms with Crippen molar-refractivity contribution < 1.29 is 22.0 Å². The molecule has 0 spiro atoms. The Balaban J connectivity index is 2.12. The van der Waals surface area contributed by atoms with Gasteiger partial charge >= 0.3 is 0 Å². The highest BCUT2D eigenvalue weighted by atomic mass is 32.2. The minimum Gasteiger partial charge on any atom is -0.293 e. The minimum absolute atomic E-state index is 0.209. The first-order valence-electron chi connectivity index (χ1n) is 5.93. The minimum atomic E-state index is -4.03. The van der Waals surface area contributed by atoms with Crippen LogP contribution in [0.5, 0.6) is 0 Å². The number of carbonyl (C=O) groups is 1. The second kappa shape index (κ2) is 6.11. The third-order valence-corrected chi connectivity index (χ3v) is 4.10. The fraction of sp³-hybridized carbons (Fsp3) is 0.0714. The van der Waals surface area contributed by atoms with Crippen molar-refractivity contribution >= 4 is 15.8 Å². The molecule has 0 radical (unpaired) electrons. The van der Waals surface area contributed by atoms with E-state index < -0.39 is 34.0 Å². The number of rotatable bonds is 5. The van der Waals surface area contributed by atoms with Crippen molar-refractivity contribution in [2.45, 2.75) is 4.90 Å². The van der Waals surface area contributed by atoms with Gasteiger partial charge in [0.1, 0.15) is 11.6 Å². The molecule has 0 fully saturated rings. The van der Waals surface area contributed by atoms with Crippen LogP contribution in [-0.2, 0) is 10.0 Å². The molecule has 4 nitrogen and oxygen atoms in total. The van der Waals surface area contributed by atoms with E-state index in [1.165, 1.54) is 30.3 Å². The Morgan fingerprint density at radius 1 is 1.05 bits per heavy atom. The molecule has 2 aromatic carbocycles. The maximum atomic E-state index is 13.4. The second-order valence-electron chi connectivity index (χ2n) is 4.18. The van der Waals surface area contributed by atoms with Gasteiger partial charge in [0.05, 0.1) is 17.0 Å². The molecule has 2 aromatic rings. The Bertz CT molecular complexity index is 775. The number of ketones is 1. The molecule has 0 bridgehead atoms. The summed E-state index contributed by atoms with van der Waals surface area (Å²) in [5.74, 6) is -2.15. The molecule has 0 amide bonds. The predicted octanol–water partition coefficient (Wildman–Crippen LogP) is 2.13. The summed E-state index contributed by atoms with van der Waals surface area (Å²) in [5, 5.41) is 0. The van der Waals surface area contributed by atoms with E-state index in [9.17, 15) is 22.0 Å². The van der Waals surface area contributed by atoms with Gasteiger partial charge < -0.3 is 0 Å². The highest BCUT2D eigenvalue weighted by Crippen LogP contribution is 2.11. The summed E-state index contributed by atoms with van der Waals surface area (Å²) in [5.41, 5.74) is -0.209. The summed E-state index contributed by atoms with van der Waals surface area (Å²) in [7, 11) is -4.03. The quantitative estimate of drug-likeness (QED) is 0.860. The van der Waals surface area contributed by atoms with Gasteiger partial charge in [0.15, 0.2) is 5.78 Å². The molecule has 0 aliphatic carbocycles. The van der Waals surface area contributed by atoms with Crippen molar-refractivity contribution in [1.82, 2.24) is 4.72 Å². The average Bonchev–Trinajstić information content (AvgIpc) is 2.45. The SMILES string of the molecule is O=C(CNS(=O)(=O)c1cccc(F)c1)c1ccccc1F. The number of hydrogen-bond acceptors (Lipinski definition) is 3. The highest BCUT2D eigenvalue weighted by molar-refractivity contribution is 7.89. The maximum Gasteiger partial charge on any atom is 0.241 e. The van der Waals surface area contributed by atoms with E-state index >= 15 is 0 Å². The summed E-state index contributed by atoms with van der Waals surface area (Å²) in [4.78, 5) is 11.5. The Labute approximate surface area is 120 Å². The molecule has 7 heteroatoms. The molecule has 0 unspecified atom stereocenters. The fourth-order valence-electron chi connectivity index (χ4n) is 1.66. The van der Waals surface area contributed by atoms with Gasteiger partial charge in [0, 0.05) is 0 Å². The second-order valence-corrected chi connectivity index (χ2v) is 5.95. The molecular formula is C14H11F2NO3S. The third-order valence-electron chi connectivity index (χ3n) is 2.70. The molecule has 0 aromatic heterocycles. The summed E-state index contributed by atoms with van der Waals surface area (Å²) >= 11 is 0. The van der Waals surface area contributed by atoms with Gasteiger partial charge in [-0.05, 0) is 30.3 Å². The molecule has 2 rings (SSSR count). The van der Waals surface area contributed by atoms with E-state index in [4.69, 9.17) is 0 Å². The van der Waals surface area contributed by atoms with Crippen LogP contribution in [0.15, 0.2) is 53.4 Å². The van der Waals surface area contributed by atoms with Gasteiger partial charge in [0.25, 0.3) is 0 Å². The van der Waals surface area contributed by atoms with Crippen LogP contribution in [0.2, 0.25) is 0 Å². The zero-order valence-electron chi connectivity index (χ0n) is 10.7. The van der Waals surface area contributed by atoms with Crippen LogP contribution in [-0.4, -0.2) is 20.7 Å². The molecule has 0 heterocycles. The molecule has 110 valence electrons. The predicted molar refractivity (Wildman–Crippen MR) is 72.3 cm³/mol. The Hall–Kier alpha value is -2.12. The zero-order chi connectivity index (χ0) is 15.5. The Morgan fingerprint density at radius 3 is 2.43 bits per heavy atom. The number of hydrogen-bond donors (Lipinski definition) is 1. The lowest BCUT2D eigenvalue weighted by atomic mass is 10.1. The zero-order valence-corrected chi connectivity index (χ0v) is 11.5. The van der Waals surface area contributed by atoms with Crippen molar-refractivity contribution in [1.29, 1.82) is 0 Å². The number of benzene rings is 2. The van der Waals surface area contributed by atoms with Crippen LogP contribution in [0.3, 0.4) is 0 Å². The van der Waals surface area contributed by atoms with Crippen LogP contribution in [0.1, 0.15) is 10.4 Å². The Morgan fingerprint density at radius 2 is 1.76 bits per heavy atom. The van der Waals surface area contributed by atoms with Crippen molar-refractivity contribution in [3.05, 3.63) is 65.7 Å². The molecule has 0 aliphatic rings. The van der Waals surface area contributed by atoms with E-state index in [2.05, 4.69) is 0 Å². The van der Waals surface area contributed by atoms with Crippen LogP contribution in [0, 0.1) is 11.6 Å². The number of nitrogens with one attached hydrogen (secondary N) is 1. The first-order chi connectivity index (χ1) is 9.90. The lowest BCUT2D eigenvalue weighted by Gasteiger charge is -2.07. The molecule has 21 heavy (non-hydrogen) atoms. The van der Waals surface area contributed by atoms with E-state index in [-0.39, 0.29) is 10.5 Å².